The Morgan fingerprint density at radius 2 is 2.20 bits per heavy atom. The number of furan rings is 1. The Hall–Kier alpha value is -1.16. The summed E-state index contributed by atoms with van der Waals surface area (Å²) in [5.74, 6) is 0.543. The largest absolute Gasteiger partial charge is 0.452 e. The summed E-state index contributed by atoms with van der Waals surface area (Å²) in [7, 11) is -0.105. The van der Waals surface area contributed by atoms with E-state index in [1.165, 1.54) is 6.07 Å². The van der Waals surface area contributed by atoms with E-state index in [4.69, 9.17) is 4.42 Å². The van der Waals surface area contributed by atoms with Crippen LogP contribution in [0.4, 0.5) is 0 Å². The highest BCUT2D eigenvalue weighted by atomic mass is 79.9. The molecule has 0 unspecified atom stereocenters. The van der Waals surface area contributed by atoms with Crippen molar-refractivity contribution in [3.05, 3.63) is 34.5 Å². The van der Waals surface area contributed by atoms with Gasteiger partial charge in [-0.25, -0.2) is 13.1 Å². The number of hydrogen-bond donors (Lipinski definition) is 2. The van der Waals surface area contributed by atoms with Crippen LogP contribution >= 0.6 is 15.9 Å². The Balaban J connectivity index is 2.13. The third-order valence-electron chi connectivity index (χ3n) is 2.57. The molecule has 0 aromatic carbocycles. The molecule has 0 spiro atoms. The van der Waals surface area contributed by atoms with Crippen molar-refractivity contribution in [3.8, 4) is 0 Å². The van der Waals surface area contributed by atoms with Crippen LogP contribution in [0.3, 0.4) is 0 Å². The number of aromatic nitrogens is 2. The van der Waals surface area contributed by atoms with Crippen LogP contribution in [0.25, 0.3) is 0 Å². The topological polar surface area (TPSA) is 89.2 Å². The first kappa shape index (κ1) is 15.2. The minimum absolute atomic E-state index is 0.0895. The van der Waals surface area contributed by atoms with Crippen LogP contribution in [0.5, 0.6) is 0 Å². The van der Waals surface area contributed by atoms with Gasteiger partial charge in [0.1, 0.15) is 10.7 Å². The van der Waals surface area contributed by atoms with Crippen molar-refractivity contribution >= 4 is 26.0 Å². The summed E-state index contributed by atoms with van der Waals surface area (Å²) in [6.45, 7) is 0.631. The van der Waals surface area contributed by atoms with Gasteiger partial charge in [0.15, 0.2) is 4.67 Å². The Morgan fingerprint density at radius 1 is 1.45 bits per heavy atom. The minimum Gasteiger partial charge on any atom is -0.452 e. The number of halogens is 1. The van der Waals surface area contributed by atoms with Crippen LogP contribution in [0.15, 0.2) is 32.4 Å². The molecule has 0 saturated carbocycles. The Kier molecular flexibility index (Phi) is 4.63. The van der Waals surface area contributed by atoms with E-state index in [9.17, 15) is 8.42 Å². The van der Waals surface area contributed by atoms with Gasteiger partial charge in [-0.05, 0) is 23.0 Å². The van der Waals surface area contributed by atoms with E-state index in [-0.39, 0.29) is 16.1 Å². The third kappa shape index (κ3) is 3.48. The quantitative estimate of drug-likeness (QED) is 0.799. The van der Waals surface area contributed by atoms with E-state index in [1.807, 2.05) is 0 Å². The molecule has 2 heterocycles. The van der Waals surface area contributed by atoms with Gasteiger partial charge >= 0.3 is 0 Å². The van der Waals surface area contributed by atoms with Crippen LogP contribution in [-0.4, -0.2) is 25.2 Å². The Bertz CT molecular complexity index is 692. The Morgan fingerprint density at radius 3 is 2.80 bits per heavy atom. The lowest BCUT2D eigenvalue weighted by atomic mass is 10.4. The molecule has 110 valence electrons. The second kappa shape index (κ2) is 6.08. The molecule has 0 atom stereocenters. The van der Waals surface area contributed by atoms with Gasteiger partial charge in [-0.2, -0.15) is 5.10 Å². The second-order valence-electron chi connectivity index (χ2n) is 4.23. The van der Waals surface area contributed by atoms with Gasteiger partial charge in [0.25, 0.3) is 0 Å². The maximum atomic E-state index is 12.2. The Labute approximate surface area is 125 Å². The van der Waals surface area contributed by atoms with Gasteiger partial charge in [-0.1, -0.05) is 0 Å². The molecule has 20 heavy (non-hydrogen) atoms. The first-order valence-corrected chi connectivity index (χ1v) is 8.10. The summed E-state index contributed by atoms with van der Waals surface area (Å²) in [5, 5.41) is 6.88. The van der Waals surface area contributed by atoms with E-state index in [1.54, 1.807) is 31.2 Å². The molecule has 9 heteroatoms. The zero-order valence-electron chi connectivity index (χ0n) is 11.1. The molecule has 2 N–H and O–H groups in total. The number of sulfonamides is 1. The molecular weight excluding hydrogens is 348 g/mol. The molecule has 2 aromatic heterocycles. The zero-order chi connectivity index (χ0) is 14.8. The highest BCUT2D eigenvalue weighted by molar-refractivity contribution is 9.10. The fraction of sp³-hybridized carbons (Fsp3) is 0.364. The van der Waals surface area contributed by atoms with Crippen LogP contribution in [-0.2, 0) is 30.2 Å². The summed E-state index contributed by atoms with van der Waals surface area (Å²) in [5.41, 5.74) is 0.783. The van der Waals surface area contributed by atoms with Crippen molar-refractivity contribution in [1.82, 2.24) is 19.8 Å². The molecule has 0 radical (unpaired) electrons. The maximum Gasteiger partial charge on any atom is 0.245 e. The van der Waals surface area contributed by atoms with Gasteiger partial charge in [0, 0.05) is 31.4 Å². The number of nitrogens with zero attached hydrogens (tertiary/aromatic N) is 2. The van der Waals surface area contributed by atoms with Crippen molar-refractivity contribution in [3.63, 3.8) is 0 Å². The fourth-order valence-electron chi connectivity index (χ4n) is 1.66. The number of hydrogen-bond acceptors (Lipinski definition) is 5. The van der Waals surface area contributed by atoms with Crippen molar-refractivity contribution in [2.24, 2.45) is 7.05 Å². The molecule has 2 rings (SSSR count). The van der Waals surface area contributed by atoms with Crippen molar-refractivity contribution < 1.29 is 12.8 Å². The smallest absolute Gasteiger partial charge is 0.245 e. The van der Waals surface area contributed by atoms with E-state index in [0.717, 1.165) is 5.56 Å². The van der Waals surface area contributed by atoms with Crippen LogP contribution in [0, 0.1) is 0 Å². The third-order valence-corrected chi connectivity index (χ3v) is 4.83. The molecule has 0 saturated heterocycles. The minimum atomic E-state index is -3.63. The second-order valence-corrected chi connectivity index (χ2v) is 6.68. The van der Waals surface area contributed by atoms with E-state index >= 15 is 0 Å². The summed E-state index contributed by atoms with van der Waals surface area (Å²) in [4.78, 5) is 0.0895. The van der Waals surface area contributed by atoms with E-state index in [0.29, 0.717) is 12.3 Å². The molecule has 0 amide bonds. The highest BCUT2D eigenvalue weighted by Gasteiger charge is 2.22. The molecular formula is C11H15BrN4O3S. The maximum absolute atomic E-state index is 12.2. The molecule has 0 bridgehead atoms. The van der Waals surface area contributed by atoms with Crippen LogP contribution < -0.4 is 10.0 Å². The predicted molar refractivity (Wildman–Crippen MR) is 76.4 cm³/mol. The van der Waals surface area contributed by atoms with Gasteiger partial charge in [0.05, 0.1) is 12.7 Å². The predicted octanol–water partition coefficient (Wildman–Crippen LogP) is 0.974. The van der Waals surface area contributed by atoms with Gasteiger partial charge in [-0.15, -0.1) is 0 Å². The van der Waals surface area contributed by atoms with E-state index in [2.05, 4.69) is 31.1 Å². The monoisotopic (exact) mass is 362 g/mol. The normalized spacial score (nSPS) is 11.9. The standard InChI is InChI=1S/C11H15BrN4O3S/c1-13-6-9-3-10(11(12)19-9)20(17,18)15-5-8-4-14-16(2)7-8/h3-4,7,13,15H,5-6H2,1-2H3. The lowest BCUT2D eigenvalue weighted by Crippen LogP contribution is -2.23. The first-order valence-electron chi connectivity index (χ1n) is 5.82. The zero-order valence-corrected chi connectivity index (χ0v) is 13.5. The molecule has 7 nitrogen and oxygen atoms in total. The van der Waals surface area contributed by atoms with Gasteiger partial charge in [-0.3, -0.25) is 4.68 Å². The lowest BCUT2D eigenvalue weighted by Gasteiger charge is -2.03. The van der Waals surface area contributed by atoms with Gasteiger partial charge in [0.2, 0.25) is 10.0 Å². The SMILES string of the molecule is CNCc1cc(S(=O)(=O)NCc2cnn(C)c2)c(Br)o1. The van der Waals surface area contributed by atoms with Crippen molar-refractivity contribution in [1.29, 1.82) is 0 Å². The molecule has 0 aliphatic heterocycles. The average Bonchev–Trinajstić information content (AvgIpc) is 2.94. The van der Waals surface area contributed by atoms with Gasteiger partial charge < -0.3 is 9.73 Å². The number of nitrogens with one attached hydrogen (secondary N) is 2. The van der Waals surface area contributed by atoms with Crippen molar-refractivity contribution in [2.45, 2.75) is 18.0 Å². The van der Waals surface area contributed by atoms with E-state index < -0.39 is 10.0 Å². The number of rotatable bonds is 6. The highest BCUT2D eigenvalue weighted by Crippen LogP contribution is 2.26. The van der Waals surface area contributed by atoms with Crippen molar-refractivity contribution in [2.75, 3.05) is 7.05 Å². The molecule has 2 aromatic rings. The lowest BCUT2D eigenvalue weighted by molar-refractivity contribution is 0.470. The van der Waals surface area contributed by atoms with Crippen LogP contribution in [0.2, 0.25) is 0 Å². The molecule has 0 aliphatic carbocycles. The molecule has 0 fully saturated rings. The summed E-state index contributed by atoms with van der Waals surface area (Å²) in [6.07, 6.45) is 3.36. The summed E-state index contributed by atoms with van der Waals surface area (Å²) >= 11 is 3.12. The summed E-state index contributed by atoms with van der Waals surface area (Å²) < 4.78 is 34.0. The number of aryl methyl sites for hydroxylation is 1. The fourth-order valence-corrected chi connectivity index (χ4v) is 3.68. The summed E-state index contributed by atoms with van der Waals surface area (Å²) in [6, 6.07) is 1.49. The molecule has 0 aliphatic rings. The average molecular weight is 363 g/mol. The van der Waals surface area contributed by atoms with Crippen LogP contribution in [0.1, 0.15) is 11.3 Å². The first-order chi connectivity index (χ1) is 9.42.